The molecule has 1 amide bonds. The van der Waals surface area contributed by atoms with Crippen molar-refractivity contribution < 1.29 is 14.7 Å². The van der Waals surface area contributed by atoms with Crippen molar-refractivity contribution in [2.24, 2.45) is 5.92 Å². The van der Waals surface area contributed by atoms with Crippen molar-refractivity contribution >= 4 is 23.3 Å². The first-order valence-corrected chi connectivity index (χ1v) is 6.83. The number of hydrogen-bond donors (Lipinski definition) is 3. The second kappa shape index (κ2) is 6.97. The van der Waals surface area contributed by atoms with E-state index in [9.17, 15) is 9.59 Å². The molecule has 21 heavy (non-hydrogen) atoms. The summed E-state index contributed by atoms with van der Waals surface area (Å²) in [5.41, 5.74) is 7.40. The summed E-state index contributed by atoms with van der Waals surface area (Å²) in [5.74, 6) is -0.788. The molecule has 0 saturated carbocycles. The lowest BCUT2D eigenvalue weighted by atomic mass is 10.1. The molecule has 1 aromatic carbocycles. The average molecular weight is 293 g/mol. The first-order valence-electron chi connectivity index (χ1n) is 6.83. The number of amides is 1. The van der Waals surface area contributed by atoms with Gasteiger partial charge >= 0.3 is 5.97 Å². The number of aryl methyl sites for hydroxylation is 1. The highest BCUT2D eigenvalue weighted by molar-refractivity contribution is 5.96. The first kappa shape index (κ1) is 16.8. The summed E-state index contributed by atoms with van der Waals surface area (Å²) in [5, 5.41) is 12.0. The van der Waals surface area contributed by atoms with Gasteiger partial charge in [-0.3, -0.25) is 4.79 Å². The summed E-state index contributed by atoms with van der Waals surface area (Å²) >= 11 is 0. The van der Waals surface area contributed by atoms with Gasteiger partial charge in [0.05, 0.1) is 12.1 Å². The van der Waals surface area contributed by atoms with Crippen molar-refractivity contribution in [1.29, 1.82) is 0 Å². The molecule has 0 bridgehead atoms. The van der Waals surface area contributed by atoms with Crippen molar-refractivity contribution in [1.82, 2.24) is 5.32 Å². The fraction of sp³-hybridized carbons (Fsp3) is 0.467. The third kappa shape index (κ3) is 4.66. The lowest BCUT2D eigenvalue weighted by molar-refractivity contribution is -0.119. The van der Waals surface area contributed by atoms with Gasteiger partial charge in [-0.1, -0.05) is 13.8 Å². The van der Waals surface area contributed by atoms with Crippen LogP contribution in [-0.2, 0) is 4.79 Å². The molecule has 0 aliphatic carbocycles. The van der Waals surface area contributed by atoms with E-state index in [1.807, 2.05) is 13.8 Å². The monoisotopic (exact) mass is 293 g/mol. The van der Waals surface area contributed by atoms with Gasteiger partial charge in [0.1, 0.15) is 0 Å². The van der Waals surface area contributed by atoms with Crippen molar-refractivity contribution in [3.8, 4) is 0 Å². The molecule has 0 atom stereocenters. The van der Waals surface area contributed by atoms with Crippen LogP contribution in [-0.4, -0.2) is 37.1 Å². The van der Waals surface area contributed by atoms with Crippen LogP contribution in [0.3, 0.4) is 0 Å². The fourth-order valence-corrected chi connectivity index (χ4v) is 1.86. The number of nitrogens with zero attached hydrogens (tertiary/aromatic N) is 1. The number of nitrogens with one attached hydrogen (secondary N) is 1. The number of rotatable bonds is 6. The number of carbonyl (C=O) groups is 2. The first-order chi connectivity index (χ1) is 9.72. The maximum absolute atomic E-state index is 11.8. The summed E-state index contributed by atoms with van der Waals surface area (Å²) in [6.07, 6.45) is 0. The molecule has 6 nitrogen and oxygen atoms in total. The quantitative estimate of drug-likeness (QED) is 0.691. The highest BCUT2D eigenvalue weighted by atomic mass is 16.4. The fourth-order valence-electron chi connectivity index (χ4n) is 1.86. The van der Waals surface area contributed by atoms with E-state index in [-0.39, 0.29) is 23.7 Å². The van der Waals surface area contributed by atoms with Crippen LogP contribution in [0.15, 0.2) is 12.1 Å². The topological polar surface area (TPSA) is 95.7 Å². The Morgan fingerprint density at radius 2 is 2.00 bits per heavy atom. The minimum atomic E-state index is -1.07. The number of aromatic carboxylic acids is 1. The van der Waals surface area contributed by atoms with Gasteiger partial charge in [0, 0.05) is 25.0 Å². The molecule has 4 N–H and O–H groups in total. The van der Waals surface area contributed by atoms with Crippen molar-refractivity contribution in [3.05, 3.63) is 23.3 Å². The summed E-state index contributed by atoms with van der Waals surface area (Å²) in [7, 11) is 1.74. The van der Waals surface area contributed by atoms with Crippen LogP contribution in [0.4, 0.5) is 11.4 Å². The van der Waals surface area contributed by atoms with Crippen LogP contribution in [0.1, 0.15) is 29.8 Å². The zero-order valence-electron chi connectivity index (χ0n) is 12.9. The highest BCUT2D eigenvalue weighted by Crippen LogP contribution is 2.24. The van der Waals surface area contributed by atoms with Crippen molar-refractivity contribution in [2.45, 2.75) is 20.8 Å². The number of carboxylic acid groups (broad SMARTS) is 1. The number of nitrogens with two attached hydrogens (primary N) is 1. The third-order valence-electron chi connectivity index (χ3n) is 3.13. The Balaban J connectivity index is 2.85. The zero-order chi connectivity index (χ0) is 16.2. The lowest BCUT2D eigenvalue weighted by Gasteiger charge is -2.21. The van der Waals surface area contributed by atoms with Gasteiger partial charge in [-0.05, 0) is 30.5 Å². The van der Waals surface area contributed by atoms with Gasteiger partial charge in [-0.2, -0.15) is 0 Å². The van der Waals surface area contributed by atoms with E-state index in [4.69, 9.17) is 10.8 Å². The van der Waals surface area contributed by atoms with Gasteiger partial charge in [0.2, 0.25) is 5.91 Å². The van der Waals surface area contributed by atoms with Crippen LogP contribution in [0, 0.1) is 12.8 Å². The standard InChI is InChI=1S/C15H23N3O3/c1-9(2)7-17-13(19)8-18(4)11-5-10(3)14(16)12(6-11)15(20)21/h5-6,9H,7-8,16H2,1-4H3,(H,17,19)(H,20,21). The SMILES string of the molecule is Cc1cc(N(C)CC(=O)NCC(C)C)cc(C(=O)O)c1N. The number of benzene rings is 1. The Hall–Kier alpha value is -2.24. The predicted octanol–water partition coefficient (Wildman–Crippen LogP) is 1.48. The van der Waals surface area contributed by atoms with E-state index in [1.165, 1.54) is 6.07 Å². The Bertz CT molecular complexity index is 541. The van der Waals surface area contributed by atoms with Crippen LogP contribution in [0.25, 0.3) is 0 Å². The number of carboxylic acids is 1. The van der Waals surface area contributed by atoms with Crippen LogP contribution >= 0.6 is 0 Å². The minimum Gasteiger partial charge on any atom is -0.478 e. The molecular weight excluding hydrogens is 270 g/mol. The molecule has 0 saturated heterocycles. The molecule has 6 heteroatoms. The van der Waals surface area contributed by atoms with E-state index >= 15 is 0 Å². The molecule has 0 aliphatic rings. The number of nitrogen functional groups attached to an aromatic ring is 1. The molecule has 1 rings (SSSR count). The van der Waals surface area contributed by atoms with Gasteiger partial charge in [-0.15, -0.1) is 0 Å². The molecule has 0 spiro atoms. The molecule has 116 valence electrons. The Labute approximate surface area is 124 Å². The molecule has 0 aromatic heterocycles. The van der Waals surface area contributed by atoms with Crippen LogP contribution in [0.2, 0.25) is 0 Å². The van der Waals surface area contributed by atoms with Gasteiger partial charge in [0.15, 0.2) is 0 Å². The molecular formula is C15H23N3O3. The molecule has 0 fully saturated rings. The summed E-state index contributed by atoms with van der Waals surface area (Å²) in [4.78, 5) is 24.7. The van der Waals surface area contributed by atoms with Gasteiger partial charge < -0.3 is 21.1 Å². The van der Waals surface area contributed by atoms with Crippen LogP contribution in [0.5, 0.6) is 0 Å². The average Bonchev–Trinajstić information content (AvgIpc) is 2.38. The Morgan fingerprint density at radius 3 is 2.52 bits per heavy atom. The maximum atomic E-state index is 11.8. The number of likely N-dealkylation sites (N-methyl/N-ethyl adjacent to an activating group) is 1. The molecule has 0 unspecified atom stereocenters. The Morgan fingerprint density at radius 1 is 1.38 bits per heavy atom. The van der Waals surface area contributed by atoms with Crippen molar-refractivity contribution in [3.63, 3.8) is 0 Å². The van der Waals surface area contributed by atoms with E-state index in [2.05, 4.69) is 5.32 Å². The van der Waals surface area contributed by atoms with E-state index in [1.54, 1.807) is 24.9 Å². The Kier molecular flexibility index (Phi) is 5.58. The minimum absolute atomic E-state index is 0.0550. The molecule has 0 aliphatic heterocycles. The normalized spacial score (nSPS) is 10.5. The number of anilines is 2. The highest BCUT2D eigenvalue weighted by Gasteiger charge is 2.15. The number of hydrogen-bond acceptors (Lipinski definition) is 4. The van der Waals surface area contributed by atoms with Crippen molar-refractivity contribution in [2.75, 3.05) is 30.8 Å². The van der Waals surface area contributed by atoms with E-state index in [0.717, 1.165) is 0 Å². The van der Waals surface area contributed by atoms with Crippen LogP contribution < -0.4 is 16.0 Å². The molecule has 0 heterocycles. The smallest absolute Gasteiger partial charge is 0.337 e. The van der Waals surface area contributed by atoms with E-state index < -0.39 is 5.97 Å². The number of carbonyl (C=O) groups excluding carboxylic acids is 1. The lowest BCUT2D eigenvalue weighted by Crippen LogP contribution is -2.37. The van der Waals surface area contributed by atoms with Gasteiger partial charge in [-0.25, -0.2) is 4.79 Å². The zero-order valence-corrected chi connectivity index (χ0v) is 12.9. The molecule has 0 radical (unpaired) electrons. The summed E-state index contributed by atoms with van der Waals surface area (Å²) < 4.78 is 0. The molecule has 1 aromatic rings. The summed E-state index contributed by atoms with van der Waals surface area (Å²) in [6.45, 7) is 6.57. The summed E-state index contributed by atoms with van der Waals surface area (Å²) in [6, 6.07) is 3.26. The largest absolute Gasteiger partial charge is 0.478 e. The second-order valence-electron chi connectivity index (χ2n) is 5.58. The third-order valence-corrected chi connectivity index (χ3v) is 3.13. The second-order valence-corrected chi connectivity index (χ2v) is 5.58. The van der Waals surface area contributed by atoms with Gasteiger partial charge in [0.25, 0.3) is 0 Å². The maximum Gasteiger partial charge on any atom is 0.337 e. The predicted molar refractivity (Wildman–Crippen MR) is 83.7 cm³/mol. The van der Waals surface area contributed by atoms with E-state index in [0.29, 0.717) is 23.7 Å².